The summed E-state index contributed by atoms with van der Waals surface area (Å²) >= 11 is 0. The first kappa shape index (κ1) is 17.7. The van der Waals surface area contributed by atoms with E-state index in [4.69, 9.17) is 13.9 Å². The molecule has 3 heterocycles. The zero-order chi connectivity index (χ0) is 19.3. The summed E-state index contributed by atoms with van der Waals surface area (Å²) in [6, 6.07) is 10.3. The number of aryl methyl sites for hydroxylation is 1. The number of rotatable bonds is 3. The molecule has 0 amide bonds. The molecule has 0 bridgehead atoms. The summed E-state index contributed by atoms with van der Waals surface area (Å²) in [6.07, 6.45) is 6.57. The van der Waals surface area contributed by atoms with Crippen molar-refractivity contribution in [2.75, 3.05) is 6.61 Å². The van der Waals surface area contributed by atoms with Gasteiger partial charge < -0.3 is 19.3 Å². The minimum Gasteiger partial charge on any atom is -0.490 e. The van der Waals surface area contributed by atoms with Crippen LogP contribution in [-0.4, -0.2) is 17.3 Å². The van der Waals surface area contributed by atoms with Crippen LogP contribution in [0.25, 0.3) is 5.70 Å². The molecule has 2 aromatic rings. The molecule has 1 saturated carbocycles. The molecule has 0 radical (unpaired) electrons. The standard InChI is InChI=1S/C23H28N2O3/c1-4-26-21-7-5-6-17-19-14-18(20-9-8-16(3)27-20)24-25(19)23(28-22(17)21)12-10-15(2)11-13-23/h5-9,14-15,19,24H,4,10-13H2,1-3H3. The van der Waals surface area contributed by atoms with Crippen molar-refractivity contribution in [2.45, 2.75) is 58.2 Å². The van der Waals surface area contributed by atoms with E-state index in [-0.39, 0.29) is 11.8 Å². The van der Waals surface area contributed by atoms with Crippen molar-refractivity contribution in [1.29, 1.82) is 0 Å². The number of ether oxygens (including phenoxy) is 2. The van der Waals surface area contributed by atoms with Crippen molar-refractivity contribution in [1.82, 2.24) is 10.4 Å². The fourth-order valence-electron chi connectivity index (χ4n) is 4.71. The van der Waals surface area contributed by atoms with Crippen LogP contribution < -0.4 is 14.9 Å². The monoisotopic (exact) mass is 380 g/mol. The van der Waals surface area contributed by atoms with Gasteiger partial charge in [-0.25, -0.2) is 0 Å². The molecular formula is C23H28N2O3. The zero-order valence-electron chi connectivity index (χ0n) is 16.8. The number of nitrogens with one attached hydrogen (secondary N) is 1. The quantitative estimate of drug-likeness (QED) is 0.794. The van der Waals surface area contributed by atoms with Gasteiger partial charge in [0.25, 0.3) is 0 Å². The van der Waals surface area contributed by atoms with Crippen LogP contribution in [-0.2, 0) is 0 Å². The van der Waals surface area contributed by atoms with Crippen molar-refractivity contribution in [3.8, 4) is 11.5 Å². The van der Waals surface area contributed by atoms with Crippen LogP contribution in [0.4, 0.5) is 0 Å². The van der Waals surface area contributed by atoms with E-state index in [0.29, 0.717) is 6.61 Å². The van der Waals surface area contributed by atoms with E-state index in [2.05, 4.69) is 35.6 Å². The number of fused-ring (bicyclic) bond motifs is 4. The van der Waals surface area contributed by atoms with Crippen LogP contribution in [0.3, 0.4) is 0 Å². The Morgan fingerprint density at radius 3 is 2.75 bits per heavy atom. The van der Waals surface area contributed by atoms with Crippen LogP contribution >= 0.6 is 0 Å². The average Bonchev–Trinajstić information content (AvgIpc) is 3.32. The maximum atomic E-state index is 6.77. The lowest BCUT2D eigenvalue weighted by atomic mass is 9.82. The van der Waals surface area contributed by atoms with Crippen molar-refractivity contribution in [2.24, 2.45) is 5.92 Å². The van der Waals surface area contributed by atoms with Gasteiger partial charge in [-0.15, -0.1) is 0 Å². The largest absolute Gasteiger partial charge is 0.490 e. The highest BCUT2D eigenvalue weighted by Gasteiger charge is 2.52. The molecule has 5 rings (SSSR count). The number of furan rings is 1. The molecule has 1 spiro atoms. The van der Waals surface area contributed by atoms with Gasteiger partial charge in [0.15, 0.2) is 23.0 Å². The predicted molar refractivity (Wildman–Crippen MR) is 108 cm³/mol. The molecule has 1 fully saturated rings. The Labute approximate surface area is 166 Å². The molecule has 1 aliphatic carbocycles. The summed E-state index contributed by atoms with van der Waals surface area (Å²) in [5, 5.41) is 2.31. The third-order valence-corrected chi connectivity index (χ3v) is 6.26. The van der Waals surface area contributed by atoms with Gasteiger partial charge in [0.1, 0.15) is 5.76 Å². The summed E-state index contributed by atoms with van der Waals surface area (Å²) in [5.41, 5.74) is 5.41. The van der Waals surface area contributed by atoms with Crippen LogP contribution in [0.2, 0.25) is 0 Å². The van der Waals surface area contributed by atoms with E-state index in [1.807, 2.05) is 32.0 Å². The van der Waals surface area contributed by atoms with E-state index in [9.17, 15) is 0 Å². The van der Waals surface area contributed by atoms with E-state index in [0.717, 1.165) is 65.9 Å². The first-order valence-electron chi connectivity index (χ1n) is 10.4. The molecule has 5 heteroatoms. The molecule has 1 aromatic carbocycles. The van der Waals surface area contributed by atoms with Gasteiger partial charge in [-0.2, -0.15) is 5.01 Å². The molecule has 1 atom stereocenters. The molecule has 1 N–H and O–H groups in total. The van der Waals surface area contributed by atoms with Gasteiger partial charge >= 0.3 is 0 Å². The Kier molecular flexibility index (Phi) is 4.16. The summed E-state index contributed by atoms with van der Waals surface area (Å²) in [7, 11) is 0. The lowest BCUT2D eigenvalue weighted by molar-refractivity contribution is -0.156. The van der Waals surface area contributed by atoms with E-state index in [1.54, 1.807) is 0 Å². The number of hydrazine groups is 1. The number of benzene rings is 1. The minimum absolute atomic E-state index is 0.0953. The molecule has 28 heavy (non-hydrogen) atoms. The van der Waals surface area contributed by atoms with Gasteiger partial charge in [-0.3, -0.25) is 0 Å². The summed E-state index contributed by atoms with van der Waals surface area (Å²) < 4.78 is 18.6. The van der Waals surface area contributed by atoms with Crippen LogP contribution in [0.1, 0.15) is 62.7 Å². The minimum atomic E-state index is -0.364. The maximum absolute atomic E-state index is 6.77. The van der Waals surface area contributed by atoms with Crippen LogP contribution in [0.5, 0.6) is 11.5 Å². The number of hydrogen-bond donors (Lipinski definition) is 1. The molecule has 1 unspecified atom stereocenters. The average molecular weight is 380 g/mol. The topological polar surface area (TPSA) is 46.9 Å². The molecule has 0 saturated heterocycles. The Hall–Kier alpha value is -2.40. The third kappa shape index (κ3) is 2.72. The second kappa shape index (κ2) is 6.59. The molecular weight excluding hydrogens is 352 g/mol. The smallest absolute Gasteiger partial charge is 0.180 e. The Morgan fingerprint density at radius 1 is 1.21 bits per heavy atom. The van der Waals surface area contributed by atoms with Crippen molar-refractivity contribution < 1.29 is 13.9 Å². The zero-order valence-corrected chi connectivity index (χ0v) is 16.8. The molecule has 5 nitrogen and oxygen atoms in total. The van der Waals surface area contributed by atoms with Gasteiger partial charge in [0.05, 0.1) is 18.3 Å². The number of para-hydroxylation sites is 1. The fraction of sp³-hybridized carbons (Fsp3) is 0.478. The van der Waals surface area contributed by atoms with Crippen molar-refractivity contribution >= 4 is 5.70 Å². The van der Waals surface area contributed by atoms with Gasteiger partial charge in [0, 0.05) is 18.4 Å². The van der Waals surface area contributed by atoms with E-state index < -0.39 is 0 Å². The predicted octanol–water partition coefficient (Wildman–Crippen LogP) is 5.19. The van der Waals surface area contributed by atoms with Crippen molar-refractivity contribution in [3.05, 3.63) is 53.5 Å². The highest BCUT2D eigenvalue weighted by atomic mass is 16.6. The van der Waals surface area contributed by atoms with Crippen molar-refractivity contribution in [3.63, 3.8) is 0 Å². The SMILES string of the molecule is CCOc1cccc2c1OC1(CCC(C)CC1)N1NC(c3ccc(C)o3)=CC21. The Balaban J connectivity index is 1.60. The number of hydrogen-bond acceptors (Lipinski definition) is 5. The van der Waals surface area contributed by atoms with Crippen LogP contribution in [0, 0.1) is 12.8 Å². The highest BCUT2D eigenvalue weighted by molar-refractivity contribution is 5.65. The maximum Gasteiger partial charge on any atom is 0.180 e. The number of nitrogens with zero attached hydrogens (tertiary/aromatic N) is 1. The highest BCUT2D eigenvalue weighted by Crippen LogP contribution is 2.53. The lowest BCUT2D eigenvalue weighted by Crippen LogP contribution is -2.60. The second-order valence-electron chi connectivity index (χ2n) is 8.26. The summed E-state index contributed by atoms with van der Waals surface area (Å²) in [6.45, 7) is 6.95. The van der Waals surface area contributed by atoms with Crippen LogP contribution in [0.15, 0.2) is 40.8 Å². The Morgan fingerprint density at radius 2 is 2.04 bits per heavy atom. The van der Waals surface area contributed by atoms with E-state index >= 15 is 0 Å². The molecule has 1 aromatic heterocycles. The third-order valence-electron chi connectivity index (χ3n) is 6.26. The Bertz CT molecular complexity index is 908. The molecule has 2 aliphatic heterocycles. The van der Waals surface area contributed by atoms with Gasteiger partial charge in [-0.05, 0) is 56.9 Å². The van der Waals surface area contributed by atoms with E-state index in [1.165, 1.54) is 0 Å². The molecule has 148 valence electrons. The fourth-order valence-corrected chi connectivity index (χ4v) is 4.71. The summed E-state index contributed by atoms with van der Waals surface area (Å²) in [5.74, 6) is 4.26. The molecule has 3 aliphatic rings. The normalized spacial score (nSPS) is 28.9. The lowest BCUT2D eigenvalue weighted by Gasteiger charge is -2.51. The first-order valence-corrected chi connectivity index (χ1v) is 10.4. The second-order valence-corrected chi connectivity index (χ2v) is 8.26. The first-order chi connectivity index (χ1) is 13.6. The van der Waals surface area contributed by atoms with Gasteiger partial charge in [-0.1, -0.05) is 19.1 Å². The summed E-state index contributed by atoms with van der Waals surface area (Å²) in [4.78, 5) is 0. The van der Waals surface area contributed by atoms with Gasteiger partial charge in [0.2, 0.25) is 0 Å².